The van der Waals surface area contributed by atoms with E-state index in [1.165, 1.54) is 17.2 Å². The van der Waals surface area contributed by atoms with Crippen molar-refractivity contribution in [2.45, 2.75) is 19.4 Å². The molecule has 112 valence electrons. The van der Waals surface area contributed by atoms with Crippen molar-refractivity contribution in [3.63, 3.8) is 0 Å². The number of aromatic amines is 1. The van der Waals surface area contributed by atoms with Crippen LogP contribution in [-0.4, -0.2) is 49.4 Å². The van der Waals surface area contributed by atoms with Crippen LogP contribution in [0, 0.1) is 11.3 Å². The standard InChI is InChI=1S/C14H14N6O2/c15-6-13-17-9-20(18-13)8-12(21)10-5-11(16-7-10)14(22)19-3-1-2-4-19/h5,7,9,16H,1-4,8H2. The number of ketones is 1. The SMILES string of the molecule is N#Cc1ncn(CC(=O)c2c[nH]c(C(=O)N3CCCC3)c2)n1. The van der Waals surface area contributed by atoms with Gasteiger partial charge in [-0.1, -0.05) is 0 Å². The first kappa shape index (κ1) is 14.0. The van der Waals surface area contributed by atoms with Gasteiger partial charge in [0, 0.05) is 24.8 Å². The molecule has 2 aromatic rings. The predicted octanol–water partition coefficient (Wildman–Crippen LogP) is 0.597. The van der Waals surface area contributed by atoms with Gasteiger partial charge in [0.1, 0.15) is 24.6 Å². The van der Waals surface area contributed by atoms with Gasteiger partial charge < -0.3 is 9.88 Å². The van der Waals surface area contributed by atoms with Crippen LogP contribution in [0.25, 0.3) is 0 Å². The maximum absolute atomic E-state index is 12.2. The van der Waals surface area contributed by atoms with E-state index in [1.54, 1.807) is 17.0 Å². The molecule has 0 aliphatic carbocycles. The maximum atomic E-state index is 12.2. The highest BCUT2D eigenvalue weighted by Crippen LogP contribution is 2.13. The Morgan fingerprint density at radius 2 is 2.14 bits per heavy atom. The van der Waals surface area contributed by atoms with Gasteiger partial charge in [-0.3, -0.25) is 9.59 Å². The Hall–Kier alpha value is -2.95. The van der Waals surface area contributed by atoms with Gasteiger partial charge >= 0.3 is 0 Å². The van der Waals surface area contributed by atoms with Gasteiger partial charge in [0.15, 0.2) is 5.78 Å². The fourth-order valence-electron chi connectivity index (χ4n) is 2.43. The van der Waals surface area contributed by atoms with Gasteiger partial charge in [-0.05, 0) is 18.9 Å². The number of carbonyl (C=O) groups excluding carboxylic acids is 2. The van der Waals surface area contributed by atoms with E-state index in [1.807, 2.05) is 0 Å². The molecule has 1 saturated heterocycles. The Kier molecular flexibility index (Phi) is 3.70. The summed E-state index contributed by atoms with van der Waals surface area (Å²) >= 11 is 0. The quantitative estimate of drug-likeness (QED) is 0.831. The van der Waals surface area contributed by atoms with E-state index in [4.69, 9.17) is 5.26 Å². The molecule has 1 amide bonds. The number of carbonyl (C=O) groups is 2. The minimum atomic E-state index is -0.203. The van der Waals surface area contributed by atoms with E-state index in [0.29, 0.717) is 11.3 Å². The molecule has 0 spiro atoms. The topological polar surface area (TPSA) is 108 Å². The van der Waals surface area contributed by atoms with Gasteiger partial charge in [-0.15, -0.1) is 5.10 Å². The number of hydrogen-bond acceptors (Lipinski definition) is 5. The zero-order valence-electron chi connectivity index (χ0n) is 11.8. The van der Waals surface area contributed by atoms with E-state index in [2.05, 4.69) is 15.1 Å². The van der Waals surface area contributed by atoms with Crippen molar-refractivity contribution in [2.75, 3.05) is 13.1 Å². The third-order valence-electron chi connectivity index (χ3n) is 3.57. The summed E-state index contributed by atoms with van der Waals surface area (Å²) in [6.45, 7) is 1.50. The van der Waals surface area contributed by atoms with Crippen molar-refractivity contribution in [3.8, 4) is 6.07 Å². The number of amides is 1. The van der Waals surface area contributed by atoms with Crippen LogP contribution in [0.5, 0.6) is 0 Å². The summed E-state index contributed by atoms with van der Waals surface area (Å²) in [4.78, 5) is 32.7. The summed E-state index contributed by atoms with van der Waals surface area (Å²) < 4.78 is 1.30. The molecule has 2 aromatic heterocycles. The first-order valence-corrected chi connectivity index (χ1v) is 6.98. The van der Waals surface area contributed by atoms with Gasteiger partial charge in [-0.2, -0.15) is 5.26 Å². The Labute approximate surface area is 126 Å². The van der Waals surface area contributed by atoms with Crippen molar-refractivity contribution in [1.82, 2.24) is 24.6 Å². The molecule has 0 aromatic carbocycles. The number of rotatable bonds is 4. The zero-order valence-corrected chi connectivity index (χ0v) is 11.8. The van der Waals surface area contributed by atoms with Crippen LogP contribution in [0.4, 0.5) is 0 Å². The smallest absolute Gasteiger partial charge is 0.270 e. The monoisotopic (exact) mass is 298 g/mol. The molecule has 1 N–H and O–H groups in total. The van der Waals surface area contributed by atoms with Crippen molar-refractivity contribution in [1.29, 1.82) is 5.26 Å². The van der Waals surface area contributed by atoms with Crippen LogP contribution in [0.15, 0.2) is 18.6 Å². The third kappa shape index (κ3) is 2.74. The average Bonchev–Trinajstić information content (AvgIpc) is 3.26. The van der Waals surface area contributed by atoms with Gasteiger partial charge in [0.25, 0.3) is 11.7 Å². The lowest BCUT2D eigenvalue weighted by molar-refractivity contribution is 0.0787. The fourth-order valence-corrected chi connectivity index (χ4v) is 2.43. The van der Waals surface area contributed by atoms with E-state index >= 15 is 0 Å². The van der Waals surface area contributed by atoms with Crippen LogP contribution in [0.3, 0.4) is 0 Å². The van der Waals surface area contributed by atoms with Gasteiger partial charge in [0.05, 0.1) is 0 Å². The summed E-state index contributed by atoms with van der Waals surface area (Å²) in [6, 6.07) is 3.36. The number of aromatic nitrogens is 4. The summed E-state index contributed by atoms with van der Waals surface area (Å²) in [5.41, 5.74) is 0.832. The number of nitrogens with one attached hydrogen (secondary N) is 1. The number of likely N-dealkylation sites (tertiary alicyclic amines) is 1. The van der Waals surface area contributed by atoms with Crippen molar-refractivity contribution < 1.29 is 9.59 Å². The molecule has 1 fully saturated rings. The molecular formula is C14H14N6O2. The largest absolute Gasteiger partial charge is 0.356 e. The molecule has 0 atom stereocenters. The second kappa shape index (κ2) is 5.81. The highest BCUT2D eigenvalue weighted by molar-refractivity contribution is 6.00. The predicted molar refractivity (Wildman–Crippen MR) is 75.0 cm³/mol. The summed E-state index contributed by atoms with van der Waals surface area (Å²) in [5, 5.41) is 12.5. The van der Waals surface area contributed by atoms with Crippen LogP contribution >= 0.6 is 0 Å². The lowest BCUT2D eigenvalue weighted by Gasteiger charge is -2.13. The Morgan fingerprint density at radius 3 is 2.82 bits per heavy atom. The maximum Gasteiger partial charge on any atom is 0.270 e. The fraction of sp³-hybridized carbons (Fsp3) is 0.357. The van der Waals surface area contributed by atoms with E-state index in [9.17, 15) is 9.59 Å². The molecule has 8 nitrogen and oxygen atoms in total. The van der Waals surface area contributed by atoms with Crippen LogP contribution in [-0.2, 0) is 6.54 Å². The lowest BCUT2D eigenvalue weighted by atomic mass is 10.2. The summed E-state index contributed by atoms with van der Waals surface area (Å²) in [6.07, 6.45) is 4.89. The molecule has 1 aliphatic rings. The molecule has 0 radical (unpaired) electrons. The van der Waals surface area contributed by atoms with Crippen LogP contribution in [0.2, 0.25) is 0 Å². The molecule has 0 bridgehead atoms. The minimum absolute atomic E-state index is 0.0202. The molecule has 3 rings (SSSR count). The number of hydrogen-bond donors (Lipinski definition) is 1. The average molecular weight is 298 g/mol. The number of nitriles is 1. The third-order valence-corrected chi connectivity index (χ3v) is 3.57. The van der Waals surface area contributed by atoms with Crippen LogP contribution < -0.4 is 0 Å². The molecule has 0 unspecified atom stereocenters. The van der Waals surface area contributed by atoms with Crippen molar-refractivity contribution >= 4 is 11.7 Å². The molecule has 0 saturated carbocycles. The second-order valence-corrected chi connectivity index (χ2v) is 5.10. The van der Waals surface area contributed by atoms with E-state index < -0.39 is 0 Å². The molecular weight excluding hydrogens is 284 g/mol. The first-order valence-electron chi connectivity index (χ1n) is 6.98. The number of Topliss-reactive ketones (excluding diaryl/α,β-unsaturated/α-hetero) is 1. The Balaban J connectivity index is 1.68. The Bertz CT molecular complexity index is 747. The summed E-state index contributed by atoms with van der Waals surface area (Å²) in [7, 11) is 0. The number of H-pyrrole nitrogens is 1. The molecule has 1 aliphatic heterocycles. The Morgan fingerprint density at radius 1 is 1.36 bits per heavy atom. The van der Waals surface area contributed by atoms with E-state index in [0.717, 1.165) is 25.9 Å². The zero-order chi connectivity index (χ0) is 15.5. The highest BCUT2D eigenvalue weighted by atomic mass is 16.2. The van der Waals surface area contributed by atoms with Gasteiger partial charge in [0.2, 0.25) is 0 Å². The van der Waals surface area contributed by atoms with E-state index in [-0.39, 0.29) is 24.1 Å². The van der Waals surface area contributed by atoms with Crippen molar-refractivity contribution in [3.05, 3.63) is 35.7 Å². The minimum Gasteiger partial charge on any atom is -0.356 e. The molecule has 22 heavy (non-hydrogen) atoms. The molecule has 3 heterocycles. The van der Waals surface area contributed by atoms with Gasteiger partial charge in [-0.25, -0.2) is 9.67 Å². The normalized spacial score (nSPS) is 14.0. The second-order valence-electron chi connectivity index (χ2n) is 5.10. The lowest BCUT2D eigenvalue weighted by Crippen LogP contribution is -2.27. The van der Waals surface area contributed by atoms with Crippen molar-refractivity contribution in [2.24, 2.45) is 0 Å². The summed E-state index contributed by atoms with van der Waals surface area (Å²) in [5.74, 6) is -0.262. The number of nitrogens with zero attached hydrogens (tertiary/aromatic N) is 5. The first-order chi connectivity index (χ1) is 10.7. The van der Waals surface area contributed by atoms with Crippen LogP contribution in [0.1, 0.15) is 39.5 Å². The molecule has 8 heteroatoms. The highest BCUT2D eigenvalue weighted by Gasteiger charge is 2.21.